The summed E-state index contributed by atoms with van der Waals surface area (Å²) in [6.45, 7) is 3.12. The van der Waals surface area contributed by atoms with Crippen LogP contribution in [0.2, 0.25) is 0 Å². The molecule has 0 heterocycles. The fourth-order valence-corrected chi connectivity index (χ4v) is 2.47. The lowest BCUT2D eigenvalue weighted by Crippen LogP contribution is -2.16. The van der Waals surface area contributed by atoms with Crippen LogP contribution in [-0.2, 0) is 0 Å². The summed E-state index contributed by atoms with van der Waals surface area (Å²) in [5.74, 6) is 0. The first-order valence-corrected chi connectivity index (χ1v) is 6.62. The quantitative estimate of drug-likeness (QED) is 0.641. The molecule has 0 saturated heterocycles. The monoisotopic (exact) mass is 246 g/mol. The van der Waals surface area contributed by atoms with E-state index in [1.165, 1.54) is 16.8 Å². The zero-order valence-electron chi connectivity index (χ0n) is 11.0. The molecule has 0 bridgehead atoms. The van der Waals surface area contributed by atoms with Gasteiger partial charge in [-0.25, -0.2) is 0 Å². The zero-order valence-corrected chi connectivity index (χ0v) is 11.0. The predicted octanol–water partition coefficient (Wildman–Crippen LogP) is 4.80. The lowest BCUT2D eigenvalue weighted by atomic mass is 10.1. The van der Waals surface area contributed by atoms with E-state index in [0.717, 1.165) is 11.9 Å². The summed E-state index contributed by atoms with van der Waals surface area (Å²) in [7, 11) is 0. The molecule has 0 atom stereocenters. The van der Waals surface area contributed by atoms with Gasteiger partial charge in [0, 0.05) is 23.3 Å². The van der Waals surface area contributed by atoms with Crippen LogP contribution >= 0.6 is 0 Å². The van der Waals surface area contributed by atoms with Crippen molar-refractivity contribution in [3.05, 3.63) is 72.8 Å². The molecule has 93 valence electrons. The van der Waals surface area contributed by atoms with Gasteiger partial charge in [0.05, 0.1) is 0 Å². The highest BCUT2D eigenvalue weighted by molar-refractivity contribution is 5.95. The van der Waals surface area contributed by atoms with Crippen molar-refractivity contribution in [3.63, 3.8) is 0 Å². The normalized spacial score (nSPS) is 10.6. The van der Waals surface area contributed by atoms with E-state index >= 15 is 0 Å². The van der Waals surface area contributed by atoms with Gasteiger partial charge in [-0.1, -0.05) is 48.5 Å². The van der Waals surface area contributed by atoms with Gasteiger partial charge in [-0.3, -0.25) is 0 Å². The molecular formula is C18H16N. The van der Waals surface area contributed by atoms with E-state index < -0.39 is 0 Å². The molecule has 1 heteroatoms. The van der Waals surface area contributed by atoms with Gasteiger partial charge in [0.2, 0.25) is 0 Å². The highest BCUT2D eigenvalue weighted by Crippen LogP contribution is 2.31. The first-order valence-electron chi connectivity index (χ1n) is 6.62. The van der Waals surface area contributed by atoms with Crippen molar-refractivity contribution in [1.82, 2.24) is 0 Å². The minimum Gasteiger partial charge on any atom is -0.341 e. The van der Waals surface area contributed by atoms with Crippen molar-refractivity contribution in [3.8, 4) is 0 Å². The van der Waals surface area contributed by atoms with Crippen molar-refractivity contribution >= 4 is 22.1 Å². The van der Waals surface area contributed by atoms with Gasteiger partial charge >= 0.3 is 0 Å². The van der Waals surface area contributed by atoms with Crippen molar-refractivity contribution < 1.29 is 0 Å². The van der Waals surface area contributed by atoms with Crippen LogP contribution in [-0.4, -0.2) is 6.54 Å². The van der Waals surface area contributed by atoms with Gasteiger partial charge in [-0.15, -0.1) is 0 Å². The summed E-state index contributed by atoms with van der Waals surface area (Å²) in [5.41, 5.74) is 2.46. The average Bonchev–Trinajstić information content (AvgIpc) is 2.49. The average molecular weight is 246 g/mol. The molecule has 0 aliphatic rings. The third-order valence-corrected chi connectivity index (χ3v) is 3.36. The molecule has 0 unspecified atom stereocenters. The van der Waals surface area contributed by atoms with Crippen LogP contribution < -0.4 is 4.90 Å². The Labute approximate surface area is 114 Å². The maximum atomic E-state index is 3.29. The molecule has 0 aromatic heterocycles. The minimum atomic E-state index is 0.942. The van der Waals surface area contributed by atoms with Crippen LogP contribution in [0.15, 0.2) is 66.7 Å². The van der Waals surface area contributed by atoms with E-state index in [4.69, 9.17) is 0 Å². The van der Waals surface area contributed by atoms with Gasteiger partial charge in [0.25, 0.3) is 0 Å². The van der Waals surface area contributed by atoms with Crippen molar-refractivity contribution in [1.29, 1.82) is 0 Å². The molecule has 1 nitrogen and oxygen atoms in total. The third-order valence-electron chi connectivity index (χ3n) is 3.36. The van der Waals surface area contributed by atoms with Gasteiger partial charge in [-0.2, -0.15) is 0 Å². The van der Waals surface area contributed by atoms with Crippen LogP contribution in [0.25, 0.3) is 10.8 Å². The number of nitrogens with zero attached hydrogens (tertiary/aromatic N) is 1. The van der Waals surface area contributed by atoms with Gasteiger partial charge in [0.15, 0.2) is 0 Å². The van der Waals surface area contributed by atoms with Crippen LogP contribution in [0.5, 0.6) is 0 Å². The smallest absolute Gasteiger partial charge is 0.0490 e. The molecule has 0 saturated carbocycles. The summed E-state index contributed by atoms with van der Waals surface area (Å²) in [6, 6.07) is 26.3. The third kappa shape index (κ3) is 2.19. The Kier molecular flexibility index (Phi) is 3.20. The van der Waals surface area contributed by atoms with Gasteiger partial charge in [0.1, 0.15) is 0 Å². The Balaban J connectivity index is 2.17. The highest BCUT2D eigenvalue weighted by atomic mass is 15.1. The topological polar surface area (TPSA) is 3.24 Å². The largest absolute Gasteiger partial charge is 0.341 e. The van der Waals surface area contributed by atoms with E-state index in [1.807, 2.05) is 12.1 Å². The fraction of sp³-hybridized carbons (Fsp3) is 0.111. The number of anilines is 2. The number of hydrogen-bond acceptors (Lipinski definition) is 1. The maximum absolute atomic E-state index is 3.29. The van der Waals surface area contributed by atoms with Crippen molar-refractivity contribution in [2.24, 2.45) is 0 Å². The number of benzene rings is 3. The standard InChI is InChI=1S/C18H16N/c1-2-19(16-11-4-3-5-12-16)18-14-8-10-15-9-6-7-13-17(15)18/h3-9,11-14H,2H2,1H3. The Morgan fingerprint density at radius 3 is 2.42 bits per heavy atom. The van der Waals surface area contributed by atoms with E-state index in [2.05, 4.69) is 72.5 Å². The van der Waals surface area contributed by atoms with Gasteiger partial charge in [-0.05, 0) is 36.6 Å². The number of rotatable bonds is 3. The summed E-state index contributed by atoms with van der Waals surface area (Å²) in [4.78, 5) is 2.33. The van der Waals surface area contributed by atoms with Crippen LogP contribution in [0.3, 0.4) is 0 Å². The Morgan fingerprint density at radius 1 is 0.895 bits per heavy atom. The molecule has 3 rings (SSSR count). The molecule has 0 aliphatic carbocycles. The lowest BCUT2D eigenvalue weighted by molar-refractivity contribution is 1.03. The first kappa shape index (κ1) is 11.8. The van der Waals surface area contributed by atoms with Crippen LogP contribution in [0.4, 0.5) is 11.4 Å². The Hall–Kier alpha value is -2.28. The summed E-state index contributed by atoms with van der Waals surface area (Å²) in [6.07, 6.45) is 0. The fourth-order valence-electron chi connectivity index (χ4n) is 2.47. The minimum absolute atomic E-state index is 0.942. The molecule has 0 spiro atoms. The SMILES string of the molecule is CCN(c1ccccc1)c1cc[c]c2ccccc12. The second-order valence-electron chi connectivity index (χ2n) is 4.49. The molecule has 3 aromatic carbocycles. The second kappa shape index (κ2) is 5.15. The van der Waals surface area contributed by atoms with E-state index in [0.29, 0.717) is 0 Å². The van der Waals surface area contributed by atoms with Crippen LogP contribution in [0.1, 0.15) is 6.92 Å². The van der Waals surface area contributed by atoms with E-state index in [1.54, 1.807) is 0 Å². The molecular weight excluding hydrogens is 230 g/mol. The molecule has 0 aliphatic heterocycles. The van der Waals surface area contributed by atoms with E-state index in [-0.39, 0.29) is 0 Å². The first-order chi connectivity index (χ1) is 9.40. The lowest BCUT2D eigenvalue weighted by Gasteiger charge is -2.24. The van der Waals surface area contributed by atoms with Crippen LogP contribution in [0, 0.1) is 6.07 Å². The molecule has 1 radical (unpaired) electrons. The predicted molar refractivity (Wildman–Crippen MR) is 81.9 cm³/mol. The van der Waals surface area contributed by atoms with Crippen molar-refractivity contribution in [2.45, 2.75) is 6.92 Å². The molecule has 19 heavy (non-hydrogen) atoms. The second-order valence-corrected chi connectivity index (χ2v) is 4.49. The zero-order chi connectivity index (χ0) is 13.1. The van der Waals surface area contributed by atoms with Gasteiger partial charge < -0.3 is 4.90 Å². The summed E-state index contributed by atoms with van der Waals surface area (Å²) in [5, 5.41) is 2.41. The summed E-state index contributed by atoms with van der Waals surface area (Å²) >= 11 is 0. The van der Waals surface area contributed by atoms with E-state index in [9.17, 15) is 0 Å². The number of hydrogen-bond donors (Lipinski definition) is 0. The highest BCUT2D eigenvalue weighted by Gasteiger charge is 2.09. The molecule has 3 aromatic rings. The number of fused-ring (bicyclic) bond motifs is 1. The molecule has 0 N–H and O–H groups in total. The summed E-state index contributed by atoms with van der Waals surface area (Å²) < 4.78 is 0. The Bertz CT molecular complexity index is 668. The maximum Gasteiger partial charge on any atom is 0.0490 e. The molecule has 0 fully saturated rings. The number of para-hydroxylation sites is 1. The molecule has 0 amide bonds. The van der Waals surface area contributed by atoms with Crippen molar-refractivity contribution in [2.75, 3.05) is 11.4 Å². The Morgan fingerprint density at radius 2 is 1.63 bits per heavy atom.